The largest absolute Gasteiger partial charge is 0.463 e. The zero-order valence-corrected chi connectivity index (χ0v) is 24.7. The number of ketones is 1. The molecule has 218 valence electrons. The van der Waals surface area contributed by atoms with Crippen molar-refractivity contribution in [1.82, 2.24) is 13.8 Å². The number of carbonyl (C=O) groups excluding carboxylic acids is 2. The Kier molecular flexibility index (Phi) is 8.52. The molecule has 0 amide bonds. The zero-order chi connectivity index (χ0) is 28.5. The van der Waals surface area contributed by atoms with Crippen molar-refractivity contribution in [3.8, 4) is 0 Å². The van der Waals surface area contributed by atoms with Gasteiger partial charge in [-0.05, 0) is 48.8 Å². The number of carbonyl (C=O) groups is 2. The predicted molar refractivity (Wildman–Crippen MR) is 151 cm³/mol. The number of esters is 1. The molecule has 3 aliphatic rings. The second-order valence-corrected chi connectivity index (χ2v) is 13.9. The lowest BCUT2D eigenvalue weighted by Crippen LogP contribution is -2.38. The fraction of sp³-hybridized carbons (Fsp3) is 0.600. The summed E-state index contributed by atoms with van der Waals surface area (Å²) in [5.41, 5.74) is 3.55. The Labute approximate surface area is 237 Å². The van der Waals surface area contributed by atoms with E-state index in [1.165, 1.54) is 0 Å². The Hall–Kier alpha value is -2.53. The molecule has 1 aromatic heterocycles. The van der Waals surface area contributed by atoms with Crippen LogP contribution in [0.25, 0.3) is 0 Å². The van der Waals surface area contributed by atoms with Gasteiger partial charge in [-0.2, -0.15) is 4.31 Å². The molecule has 0 radical (unpaired) electrons. The molecule has 10 heteroatoms. The molecule has 0 spiro atoms. The summed E-state index contributed by atoms with van der Waals surface area (Å²) in [6.45, 7) is 11.2. The molecule has 2 aliphatic heterocycles. The first kappa shape index (κ1) is 29.0. The van der Waals surface area contributed by atoms with E-state index in [9.17, 15) is 18.0 Å². The van der Waals surface area contributed by atoms with Crippen LogP contribution in [-0.4, -0.2) is 86.5 Å². The highest BCUT2D eigenvalue weighted by Gasteiger charge is 2.38. The van der Waals surface area contributed by atoms with E-state index in [4.69, 9.17) is 9.47 Å². The highest BCUT2D eigenvalue weighted by molar-refractivity contribution is 7.89. The molecule has 3 heterocycles. The molecule has 0 N–H and O–H groups in total. The molecular formula is C30H41N3O6S. The number of nitrogens with zero attached hydrogens (tertiary/aromatic N) is 3. The Morgan fingerprint density at radius 3 is 2.48 bits per heavy atom. The summed E-state index contributed by atoms with van der Waals surface area (Å²) in [5.74, 6) is -0.294. The highest BCUT2D eigenvalue weighted by atomic mass is 32.2. The number of Topliss-reactive ketones (excluding diaryl/α,β-unsaturated/α-hetero) is 1. The Balaban J connectivity index is 1.43. The van der Waals surface area contributed by atoms with Gasteiger partial charge in [-0.15, -0.1) is 0 Å². The van der Waals surface area contributed by atoms with E-state index in [1.54, 1.807) is 16.4 Å². The third kappa shape index (κ3) is 6.05. The fourth-order valence-electron chi connectivity index (χ4n) is 6.29. The number of fused-ring (bicyclic) bond motifs is 1. The van der Waals surface area contributed by atoms with Gasteiger partial charge in [0.15, 0.2) is 5.78 Å². The van der Waals surface area contributed by atoms with Gasteiger partial charge in [0.05, 0.1) is 18.1 Å². The molecule has 2 aromatic rings. The Morgan fingerprint density at radius 1 is 1.05 bits per heavy atom. The van der Waals surface area contributed by atoms with E-state index in [2.05, 4.69) is 18.7 Å². The molecule has 0 unspecified atom stereocenters. The number of hydrogen-bond acceptors (Lipinski definition) is 7. The number of morpholine rings is 1. The van der Waals surface area contributed by atoms with Crippen molar-refractivity contribution in [2.24, 2.45) is 5.41 Å². The minimum absolute atomic E-state index is 0.0222. The van der Waals surface area contributed by atoms with Gasteiger partial charge < -0.3 is 14.0 Å². The van der Waals surface area contributed by atoms with E-state index >= 15 is 0 Å². The van der Waals surface area contributed by atoms with E-state index in [0.29, 0.717) is 74.7 Å². The SMILES string of the molecule is Cc1c(Cc2ccccc2S(=O)(=O)N2CCCC2)c2c(n1CC(=O)OCCN1CCOCC1)CC(C)(C)CC2=O. The number of ether oxygens (including phenoxy) is 2. The van der Waals surface area contributed by atoms with Gasteiger partial charge in [-0.1, -0.05) is 32.0 Å². The summed E-state index contributed by atoms with van der Waals surface area (Å²) in [4.78, 5) is 29.0. The van der Waals surface area contributed by atoms with Gasteiger partial charge in [0.2, 0.25) is 10.0 Å². The minimum atomic E-state index is -3.63. The lowest BCUT2D eigenvalue weighted by Gasteiger charge is -2.30. The summed E-state index contributed by atoms with van der Waals surface area (Å²) in [7, 11) is -3.63. The third-order valence-electron chi connectivity index (χ3n) is 8.41. The molecule has 0 saturated carbocycles. The van der Waals surface area contributed by atoms with Gasteiger partial charge in [0.25, 0.3) is 0 Å². The lowest BCUT2D eigenvalue weighted by atomic mass is 9.75. The molecule has 0 bridgehead atoms. The monoisotopic (exact) mass is 571 g/mol. The smallest absolute Gasteiger partial charge is 0.325 e. The van der Waals surface area contributed by atoms with Crippen LogP contribution in [0.1, 0.15) is 66.0 Å². The van der Waals surface area contributed by atoms with Crippen LogP contribution >= 0.6 is 0 Å². The van der Waals surface area contributed by atoms with Crippen LogP contribution < -0.4 is 0 Å². The number of benzene rings is 1. The molecule has 0 atom stereocenters. The summed E-state index contributed by atoms with van der Waals surface area (Å²) in [6.07, 6.45) is 3.11. The van der Waals surface area contributed by atoms with Crippen molar-refractivity contribution in [2.75, 3.05) is 52.5 Å². The van der Waals surface area contributed by atoms with Crippen molar-refractivity contribution >= 4 is 21.8 Å². The van der Waals surface area contributed by atoms with Crippen molar-refractivity contribution in [3.05, 3.63) is 52.3 Å². The Morgan fingerprint density at radius 2 is 1.75 bits per heavy atom. The predicted octanol–water partition coefficient (Wildman–Crippen LogP) is 3.20. The molecule has 2 fully saturated rings. The summed E-state index contributed by atoms with van der Waals surface area (Å²) in [5, 5.41) is 0. The van der Waals surface area contributed by atoms with E-state index < -0.39 is 10.0 Å². The van der Waals surface area contributed by atoms with Crippen LogP contribution in [0.4, 0.5) is 0 Å². The van der Waals surface area contributed by atoms with Crippen LogP contribution in [0.2, 0.25) is 0 Å². The first-order valence-electron chi connectivity index (χ1n) is 14.3. The molecule has 2 saturated heterocycles. The molecule has 1 aromatic carbocycles. The van der Waals surface area contributed by atoms with E-state index in [0.717, 1.165) is 42.9 Å². The standard InChI is InChI=1S/C30H41N3O6S/c1-22-24(18-23-8-4-5-9-27(23)40(36,37)32-10-6-7-11-32)29-25(19-30(2,3)20-26(29)34)33(22)21-28(35)39-17-14-31-12-15-38-16-13-31/h4-5,8-9H,6-7,10-21H2,1-3H3. The van der Waals surface area contributed by atoms with Crippen molar-refractivity contribution in [2.45, 2.75) is 64.3 Å². The average molecular weight is 572 g/mol. The normalized spacial score (nSPS) is 20.0. The van der Waals surface area contributed by atoms with Crippen LogP contribution in [-0.2, 0) is 43.7 Å². The minimum Gasteiger partial charge on any atom is -0.463 e. The fourth-order valence-corrected chi connectivity index (χ4v) is 8.02. The van der Waals surface area contributed by atoms with Crippen molar-refractivity contribution < 1.29 is 27.5 Å². The van der Waals surface area contributed by atoms with Crippen LogP contribution in [0, 0.1) is 12.3 Å². The molecule has 40 heavy (non-hydrogen) atoms. The van der Waals surface area contributed by atoms with Gasteiger partial charge in [-0.3, -0.25) is 14.5 Å². The maximum atomic E-state index is 13.5. The first-order chi connectivity index (χ1) is 19.1. The van der Waals surface area contributed by atoms with Gasteiger partial charge in [-0.25, -0.2) is 8.42 Å². The summed E-state index contributed by atoms with van der Waals surface area (Å²) < 4.78 is 41.5. The summed E-state index contributed by atoms with van der Waals surface area (Å²) in [6, 6.07) is 7.09. The van der Waals surface area contributed by atoms with Crippen LogP contribution in [0.5, 0.6) is 0 Å². The van der Waals surface area contributed by atoms with Crippen LogP contribution in [0.15, 0.2) is 29.2 Å². The van der Waals surface area contributed by atoms with Crippen molar-refractivity contribution in [3.63, 3.8) is 0 Å². The van der Waals surface area contributed by atoms with Gasteiger partial charge in [0, 0.05) is 62.5 Å². The van der Waals surface area contributed by atoms with E-state index in [1.807, 2.05) is 23.6 Å². The maximum Gasteiger partial charge on any atom is 0.325 e. The zero-order valence-electron chi connectivity index (χ0n) is 23.9. The highest BCUT2D eigenvalue weighted by Crippen LogP contribution is 2.40. The van der Waals surface area contributed by atoms with Crippen LogP contribution in [0.3, 0.4) is 0 Å². The van der Waals surface area contributed by atoms with Crippen molar-refractivity contribution in [1.29, 1.82) is 0 Å². The molecule has 9 nitrogen and oxygen atoms in total. The molecule has 1 aliphatic carbocycles. The third-order valence-corrected chi connectivity index (χ3v) is 10.4. The second kappa shape index (κ2) is 11.8. The summed E-state index contributed by atoms with van der Waals surface area (Å²) >= 11 is 0. The lowest BCUT2D eigenvalue weighted by molar-refractivity contribution is -0.145. The van der Waals surface area contributed by atoms with Gasteiger partial charge in [0.1, 0.15) is 13.2 Å². The number of sulfonamides is 1. The first-order valence-corrected chi connectivity index (χ1v) is 15.8. The van der Waals surface area contributed by atoms with Gasteiger partial charge >= 0.3 is 5.97 Å². The molecule has 5 rings (SSSR count). The number of rotatable bonds is 9. The van der Waals surface area contributed by atoms with E-state index in [-0.39, 0.29) is 23.7 Å². The molecular weight excluding hydrogens is 530 g/mol. The number of hydrogen-bond donors (Lipinski definition) is 0. The number of aromatic nitrogens is 1. The Bertz CT molecular complexity index is 1370. The second-order valence-electron chi connectivity index (χ2n) is 12.0. The quantitative estimate of drug-likeness (QED) is 0.427. The maximum absolute atomic E-state index is 13.5. The topological polar surface area (TPSA) is 98.2 Å². The average Bonchev–Trinajstić information content (AvgIpc) is 3.54.